The lowest BCUT2D eigenvalue weighted by atomic mass is 10.2. The van der Waals surface area contributed by atoms with E-state index in [-0.39, 0.29) is 11.5 Å². The van der Waals surface area contributed by atoms with Gasteiger partial charge in [-0.3, -0.25) is 9.59 Å². The number of amides is 1. The van der Waals surface area contributed by atoms with Gasteiger partial charge in [0.05, 0.1) is 11.4 Å². The number of nitrogens with zero attached hydrogens (tertiary/aromatic N) is 1. The molecule has 0 atom stereocenters. The minimum Gasteiger partial charge on any atom is -0.354 e. The minimum atomic E-state index is -0.336. The summed E-state index contributed by atoms with van der Waals surface area (Å²) in [5, 5.41) is 6.13. The van der Waals surface area contributed by atoms with E-state index in [4.69, 9.17) is 0 Å². The zero-order valence-corrected chi connectivity index (χ0v) is 13.2. The van der Waals surface area contributed by atoms with E-state index in [2.05, 4.69) is 10.6 Å². The lowest BCUT2D eigenvalue weighted by Crippen LogP contribution is -2.25. The highest BCUT2D eigenvalue weighted by Crippen LogP contribution is 2.25. The molecule has 1 amide bonds. The van der Waals surface area contributed by atoms with Gasteiger partial charge in [-0.05, 0) is 30.3 Å². The molecule has 0 fully saturated rings. The molecule has 0 aliphatic heterocycles. The van der Waals surface area contributed by atoms with Crippen molar-refractivity contribution < 1.29 is 4.79 Å². The number of pyridine rings is 1. The highest BCUT2D eigenvalue weighted by molar-refractivity contribution is 6.05. The van der Waals surface area contributed by atoms with Gasteiger partial charge in [-0.15, -0.1) is 0 Å². The summed E-state index contributed by atoms with van der Waals surface area (Å²) in [6, 6.07) is 21.7. The Hall–Kier alpha value is -3.34. The molecule has 0 bridgehead atoms. The number of rotatable bonds is 4. The first kappa shape index (κ1) is 15.6. The Morgan fingerprint density at radius 2 is 1.50 bits per heavy atom. The number of aromatic nitrogens is 1. The Labute approximate surface area is 139 Å². The van der Waals surface area contributed by atoms with Crippen LogP contribution in [0.5, 0.6) is 0 Å². The maximum atomic E-state index is 12.5. The number of hydrogen-bond donors (Lipinski definition) is 2. The zero-order valence-electron chi connectivity index (χ0n) is 13.2. The second kappa shape index (κ2) is 6.83. The number of benzene rings is 2. The van der Waals surface area contributed by atoms with Crippen molar-refractivity contribution in [3.05, 3.63) is 88.8 Å². The Morgan fingerprint density at radius 3 is 2.25 bits per heavy atom. The van der Waals surface area contributed by atoms with E-state index in [1.165, 1.54) is 10.6 Å². The third kappa shape index (κ3) is 3.35. The highest BCUT2D eigenvalue weighted by atomic mass is 16.2. The molecule has 0 aliphatic carbocycles. The van der Waals surface area contributed by atoms with Gasteiger partial charge in [-0.2, -0.15) is 0 Å². The summed E-state index contributed by atoms with van der Waals surface area (Å²) in [7, 11) is 1.57. The first-order valence-electron chi connectivity index (χ1n) is 7.53. The standard InChI is InChI=1S/C19H17N3O2/c1-22-17(12-7-13-18(22)23)19(24)21-16-11-6-5-10-15(16)20-14-8-3-2-4-9-14/h2-13,20H,1H3,(H,21,24). The number of hydrogen-bond acceptors (Lipinski definition) is 3. The summed E-state index contributed by atoms with van der Waals surface area (Å²) in [4.78, 5) is 24.2. The molecule has 2 N–H and O–H groups in total. The van der Waals surface area contributed by atoms with E-state index in [0.29, 0.717) is 11.4 Å². The summed E-state index contributed by atoms with van der Waals surface area (Å²) in [6.07, 6.45) is 0. The van der Waals surface area contributed by atoms with Gasteiger partial charge < -0.3 is 15.2 Å². The van der Waals surface area contributed by atoms with Gasteiger partial charge in [0.1, 0.15) is 5.69 Å². The first-order chi connectivity index (χ1) is 11.6. The van der Waals surface area contributed by atoms with Crippen LogP contribution < -0.4 is 16.2 Å². The van der Waals surface area contributed by atoms with Crippen molar-refractivity contribution in [1.82, 2.24) is 4.57 Å². The van der Waals surface area contributed by atoms with Crippen LogP contribution in [0, 0.1) is 0 Å². The molecule has 1 heterocycles. The predicted molar refractivity (Wildman–Crippen MR) is 95.8 cm³/mol. The fraction of sp³-hybridized carbons (Fsp3) is 0.0526. The van der Waals surface area contributed by atoms with E-state index in [1.807, 2.05) is 54.6 Å². The maximum absolute atomic E-state index is 12.5. The van der Waals surface area contributed by atoms with Crippen LogP contribution in [0.2, 0.25) is 0 Å². The second-order valence-electron chi connectivity index (χ2n) is 5.30. The molecule has 120 valence electrons. The van der Waals surface area contributed by atoms with Crippen molar-refractivity contribution >= 4 is 23.0 Å². The largest absolute Gasteiger partial charge is 0.354 e. The monoisotopic (exact) mass is 319 g/mol. The molecule has 3 aromatic rings. The number of carbonyl (C=O) groups excluding carboxylic acids is 1. The van der Waals surface area contributed by atoms with Crippen LogP contribution in [0.25, 0.3) is 0 Å². The van der Waals surface area contributed by atoms with Gasteiger partial charge in [-0.1, -0.05) is 36.4 Å². The van der Waals surface area contributed by atoms with Crippen LogP contribution >= 0.6 is 0 Å². The summed E-state index contributed by atoms with van der Waals surface area (Å²) < 4.78 is 1.32. The number of anilines is 3. The fourth-order valence-corrected chi connectivity index (χ4v) is 2.36. The van der Waals surface area contributed by atoms with E-state index >= 15 is 0 Å². The summed E-state index contributed by atoms with van der Waals surface area (Å²) >= 11 is 0. The van der Waals surface area contributed by atoms with Crippen molar-refractivity contribution in [1.29, 1.82) is 0 Å². The van der Waals surface area contributed by atoms with Gasteiger partial charge in [-0.25, -0.2) is 0 Å². The molecule has 0 aliphatic rings. The SMILES string of the molecule is Cn1c(C(=O)Nc2ccccc2Nc2ccccc2)cccc1=O. The fourth-order valence-electron chi connectivity index (χ4n) is 2.36. The van der Waals surface area contributed by atoms with Crippen molar-refractivity contribution in [3.8, 4) is 0 Å². The molecule has 5 heteroatoms. The molecule has 2 aromatic carbocycles. The molecule has 24 heavy (non-hydrogen) atoms. The van der Waals surface area contributed by atoms with E-state index in [1.54, 1.807) is 19.2 Å². The van der Waals surface area contributed by atoms with Crippen LogP contribution in [-0.4, -0.2) is 10.5 Å². The average molecular weight is 319 g/mol. The molecular weight excluding hydrogens is 302 g/mol. The third-order valence-electron chi connectivity index (χ3n) is 3.65. The Balaban J connectivity index is 1.86. The number of para-hydroxylation sites is 3. The first-order valence-corrected chi connectivity index (χ1v) is 7.53. The zero-order chi connectivity index (χ0) is 16.9. The van der Waals surface area contributed by atoms with Gasteiger partial charge in [0.15, 0.2) is 0 Å². The number of nitrogens with one attached hydrogen (secondary N) is 2. The van der Waals surface area contributed by atoms with Gasteiger partial charge in [0.2, 0.25) is 0 Å². The quantitative estimate of drug-likeness (QED) is 0.775. The molecule has 0 saturated heterocycles. The lowest BCUT2D eigenvalue weighted by molar-refractivity contribution is 0.101. The molecule has 1 aromatic heterocycles. The van der Waals surface area contributed by atoms with Crippen LogP contribution in [0.4, 0.5) is 17.1 Å². The molecule has 0 radical (unpaired) electrons. The normalized spacial score (nSPS) is 10.2. The Kier molecular flexibility index (Phi) is 4.43. The molecule has 0 saturated carbocycles. The van der Waals surface area contributed by atoms with Crippen molar-refractivity contribution in [3.63, 3.8) is 0 Å². The van der Waals surface area contributed by atoms with Crippen LogP contribution in [0.15, 0.2) is 77.6 Å². The van der Waals surface area contributed by atoms with E-state index < -0.39 is 0 Å². The van der Waals surface area contributed by atoms with Crippen molar-refractivity contribution in [2.75, 3.05) is 10.6 Å². The van der Waals surface area contributed by atoms with Gasteiger partial charge in [0, 0.05) is 18.8 Å². The second-order valence-corrected chi connectivity index (χ2v) is 5.30. The minimum absolute atomic E-state index is 0.224. The Bertz CT molecular complexity index is 917. The third-order valence-corrected chi connectivity index (χ3v) is 3.65. The predicted octanol–water partition coefficient (Wildman–Crippen LogP) is 3.38. The highest BCUT2D eigenvalue weighted by Gasteiger charge is 2.12. The topological polar surface area (TPSA) is 63.1 Å². The van der Waals surface area contributed by atoms with Crippen LogP contribution in [0.3, 0.4) is 0 Å². The molecular formula is C19H17N3O2. The summed E-state index contributed by atoms with van der Waals surface area (Å²) in [5.74, 6) is -0.336. The number of carbonyl (C=O) groups is 1. The summed E-state index contributed by atoms with van der Waals surface area (Å²) in [5.41, 5.74) is 2.42. The van der Waals surface area contributed by atoms with E-state index in [9.17, 15) is 9.59 Å². The van der Waals surface area contributed by atoms with Gasteiger partial charge >= 0.3 is 0 Å². The lowest BCUT2D eigenvalue weighted by Gasteiger charge is -2.14. The van der Waals surface area contributed by atoms with Crippen LogP contribution in [0.1, 0.15) is 10.5 Å². The Morgan fingerprint density at radius 1 is 0.833 bits per heavy atom. The van der Waals surface area contributed by atoms with Gasteiger partial charge in [0.25, 0.3) is 11.5 Å². The molecule has 0 spiro atoms. The average Bonchev–Trinajstić information content (AvgIpc) is 2.60. The van der Waals surface area contributed by atoms with Crippen molar-refractivity contribution in [2.24, 2.45) is 7.05 Å². The molecule has 0 unspecified atom stereocenters. The smallest absolute Gasteiger partial charge is 0.272 e. The molecule has 5 nitrogen and oxygen atoms in total. The van der Waals surface area contributed by atoms with Crippen LogP contribution in [-0.2, 0) is 7.05 Å². The molecule has 3 rings (SSSR count). The van der Waals surface area contributed by atoms with Crippen molar-refractivity contribution in [2.45, 2.75) is 0 Å². The summed E-state index contributed by atoms with van der Waals surface area (Å²) in [6.45, 7) is 0. The van der Waals surface area contributed by atoms with E-state index in [0.717, 1.165) is 11.4 Å². The maximum Gasteiger partial charge on any atom is 0.272 e.